The fraction of sp³-hybridized carbons (Fsp3) is 0.267. The predicted molar refractivity (Wildman–Crippen MR) is 71.8 cm³/mol. The normalized spacial score (nSPS) is 12.4. The number of benzene rings is 1. The van der Waals surface area contributed by atoms with E-state index < -0.39 is 0 Å². The van der Waals surface area contributed by atoms with E-state index in [-0.39, 0.29) is 18.5 Å². The Hall–Kier alpha value is -1.78. The maximum absolute atomic E-state index is 13.4. The Kier molecular flexibility index (Phi) is 4.60. The smallest absolute Gasteiger partial charge is 0.146 e. The molecular formula is C15H17FN2O. The van der Waals surface area contributed by atoms with Gasteiger partial charge in [0, 0.05) is 18.8 Å². The van der Waals surface area contributed by atoms with Crippen molar-refractivity contribution in [3.05, 3.63) is 65.2 Å². The molecule has 1 aromatic heterocycles. The zero-order chi connectivity index (χ0) is 13.7. The second kappa shape index (κ2) is 6.41. The van der Waals surface area contributed by atoms with Gasteiger partial charge >= 0.3 is 0 Å². The molecule has 2 rings (SSSR count). The zero-order valence-corrected chi connectivity index (χ0v) is 10.8. The molecule has 0 bridgehead atoms. The first kappa shape index (κ1) is 13.6. The number of aromatic nitrogens is 1. The molecular weight excluding hydrogens is 243 g/mol. The van der Waals surface area contributed by atoms with Crippen LogP contribution < -0.4 is 5.32 Å². The average molecular weight is 260 g/mol. The van der Waals surface area contributed by atoms with Gasteiger partial charge in [-0.2, -0.15) is 0 Å². The van der Waals surface area contributed by atoms with Crippen molar-refractivity contribution in [3.8, 4) is 0 Å². The highest BCUT2D eigenvalue weighted by molar-refractivity contribution is 5.25. The Morgan fingerprint density at radius 3 is 2.89 bits per heavy atom. The number of hydrogen-bond acceptors (Lipinski definition) is 3. The van der Waals surface area contributed by atoms with E-state index in [0.717, 1.165) is 11.1 Å². The molecule has 0 saturated heterocycles. The molecule has 2 N–H and O–H groups in total. The third-order valence-electron chi connectivity index (χ3n) is 3.04. The van der Waals surface area contributed by atoms with Crippen LogP contribution in [0.3, 0.4) is 0 Å². The summed E-state index contributed by atoms with van der Waals surface area (Å²) < 4.78 is 13.4. The average Bonchev–Trinajstić information content (AvgIpc) is 2.46. The number of halogens is 1. The number of rotatable bonds is 5. The Labute approximate surface area is 112 Å². The quantitative estimate of drug-likeness (QED) is 0.868. The van der Waals surface area contributed by atoms with Gasteiger partial charge in [-0.15, -0.1) is 0 Å². The summed E-state index contributed by atoms with van der Waals surface area (Å²) in [4.78, 5) is 4.00. The molecule has 0 fully saturated rings. The monoisotopic (exact) mass is 260 g/mol. The standard InChI is InChI=1S/C15H17FN2O/c1-11(13-5-2-4-12(8-13)10-19)18-9-15-14(16)6-3-7-17-15/h2-8,11,18-19H,9-10H2,1H3. The van der Waals surface area contributed by atoms with E-state index in [4.69, 9.17) is 5.11 Å². The molecule has 3 nitrogen and oxygen atoms in total. The molecule has 1 atom stereocenters. The Balaban J connectivity index is 2.01. The van der Waals surface area contributed by atoms with Crippen molar-refractivity contribution in [2.24, 2.45) is 0 Å². The summed E-state index contributed by atoms with van der Waals surface area (Å²) in [5.41, 5.74) is 2.34. The highest BCUT2D eigenvalue weighted by Gasteiger charge is 2.08. The topological polar surface area (TPSA) is 45.2 Å². The van der Waals surface area contributed by atoms with Gasteiger partial charge in [0.1, 0.15) is 5.82 Å². The molecule has 2 aromatic rings. The minimum absolute atomic E-state index is 0.0232. The summed E-state index contributed by atoms with van der Waals surface area (Å²) in [7, 11) is 0. The molecule has 0 aliphatic carbocycles. The predicted octanol–water partition coefficient (Wildman–Crippen LogP) is 2.56. The van der Waals surface area contributed by atoms with Crippen LogP contribution in [0.2, 0.25) is 0 Å². The van der Waals surface area contributed by atoms with E-state index in [9.17, 15) is 4.39 Å². The molecule has 0 radical (unpaired) electrons. The van der Waals surface area contributed by atoms with Gasteiger partial charge < -0.3 is 10.4 Å². The van der Waals surface area contributed by atoms with Crippen molar-refractivity contribution in [2.75, 3.05) is 0 Å². The van der Waals surface area contributed by atoms with Crippen molar-refractivity contribution < 1.29 is 9.50 Å². The Morgan fingerprint density at radius 2 is 2.16 bits per heavy atom. The fourth-order valence-electron chi connectivity index (χ4n) is 1.88. The number of aliphatic hydroxyl groups is 1. The van der Waals surface area contributed by atoms with Crippen LogP contribution in [0.25, 0.3) is 0 Å². The van der Waals surface area contributed by atoms with E-state index in [1.54, 1.807) is 12.3 Å². The maximum Gasteiger partial charge on any atom is 0.146 e. The SMILES string of the molecule is CC(NCc1ncccc1F)c1cccc(CO)c1. The van der Waals surface area contributed by atoms with Crippen LogP contribution in [0, 0.1) is 5.82 Å². The first-order chi connectivity index (χ1) is 9.20. The van der Waals surface area contributed by atoms with E-state index >= 15 is 0 Å². The van der Waals surface area contributed by atoms with Crippen molar-refractivity contribution in [1.82, 2.24) is 10.3 Å². The second-order valence-corrected chi connectivity index (χ2v) is 4.44. The van der Waals surface area contributed by atoms with Gasteiger partial charge in [-0.1, -0.05) is 24.3 Å². The molecule has 1 unspecified atom stereocenters. The van der Waals surface area contributed by atoms with E-state index in [1.165, 1.54) is 6.07 Å². The molecule has 1 heterocycles. The lowest BCUT2D eigenvalue weighted by atomic mass is 10.1. The lowest BCUT2D eigenvalue weighted by molar-refractivity contribution is 0.281. The van der Waals surface area contributed by atoms with E-state index in [1.807, 2.05) is 31.2 Å². The Morgan fingerprint density at radius 1 is 1.32 bits per heavy atom. The number of nitrogens with one attached hydrogen (secondary N) is 1. The highest BCUT2D eigenvalue weighted by Crippen LogP contribution is 2.15. The number of hydrogen-bond donors (Lipinski definition) is 2. The van der Waals surface area contributed by atoms with Crippen LogP contribution in [0.5, 0.6) is 0 Å². The van der Waals surface area contributed by atoms with Crippen LogP contribution in [0.15, 0.2) is 42.6 Å². The molecule has 1 aromatic carbocycles. The summed E-state index contributed by atoms with van der Waals surface area (Å²) in [5, 5.41) is 12.3. The largest absolute Gasteiger partial charge is 0.392 e. The molecule has 0 aliphatic rings. The van der Waals surface area contributed by atoms with Gasteiger partial charge in [-0.25, -0.2) is 4.39 Å². The van der Waals surface area contributed by atoms with Gasteiger partial charge in [-0.05, 0) is 30.2 Å². The van der Waals surface area contributed by atoms with Gasteiger partial charge in [-0.3, -0.25) is 4.98 Å². The highest BCUT2D eigenvalue weighted by atomic mass is 19.1. The summed E-state index contributed by atoms with van der Waals surface area (Å²) in [5.74, 6) is -0.300. The molecule has 0 amide bonds. The number of nitrogens with zero attached hydrogens (tertiary/aromatic N) is 1. The van der Waals surface area contributed by atoms with Gasteiger partial charge in [0.2, 0.25) is 0 Å². The summed E-state index contributed by atoms with van der Waals surface area (Å²) in [6.07, 6.45) is 1.58. The van der Waals surface area contributed by atoms with Crippen molar-refractivity contribution in [3.63, 3.8) is 0 Å². The fourth-order valence-corrected chi connectivity index (χ4v) is 1.88. The molecule has 0 spiro atoms. The first-order valence-electron chi connectivity index (χ1n) is 6.23. The van der Waals surface area contributed by atoms with Crippen LogP contribution in [0.4, 0.5) is 4.39 Å². The minimum atomic E-state index is -0.300. The molecule has 0 aliphatic heterocycles. The summed E-state index contributed by atoms with van der Waals surface area (Å²) in [6, 6.07) is 10.7. The van der Waals surface area contributed by atoms with E-state index in [2.05, 4.69) is 10.3 Å². The van der Waals surface area contributed by atoms with E-state index in [0.29, 0.717) is 12.2 Å². The van der Waals surface area contributed by atoms with Gasteiger partial charge in [0.15, 0.2) is 0 Å². The molecule has 4 heteroatoms. The second-order valence-electron chi connectivity index (χ2n) is 4.44. The van der Waals surface area contributed by atoms with Crippen LogP contribution in [-0.4, -0.2) is 10.1 Å². The third kappa shape index (κ3) is 3.59. The third-order valence-corrected chi connectivity index (χ3v) is 3.04. The lowest BCUT2D eigenvalue weighted by Gasteiger charge is -2.15. The number of pyridine rings is 1. The molecule has 19 heavy (non-hydrogen) atoms. The van der Waals surface area contributed by atoms with Gasteiger partial charge in [0.05, 0.1) is 12.3 Å². The van der Waals surface area contributed by atoms with Crippen LogP contribution in [-0.2, 0) is 13.2 Å². The minimum Gasteiger partial charge on any atom is -0.392 e. The molecule has 100 valence electrons. The van der Waals surface area contributed by atoms with Crippen molar-refractivity contribution >= 4 is 0 Å². The molecule has 0 saturated carbocycles. The van der Waals surface area contributed by atoms with Crippen molar-refractivity contribution in [2.45, 2.75) is 26.1 Å². The van der Waals surface area contributed by atoms with Crippen molar-refractivity contribution in [1.29, 1.82) is 0 Å². The van der Waals surface area contributed by atoms with Crippen LogP contribution in [0.1, 0.15) is 29.8 Å². The zero-order valence-electron chi connectivity index (χ0n) is 10.8. The Bertz CT molecular complexity index is 545. The van der Waals surface area contributed by atoms with Gasteiger partial charge in [0.25, 0.3) is 0 Å². The first-order valence-corrected chi connectivity index (χ1v) is 6.23. The maximum atomic E-state index is 13.4. The lowest BCUT2D eigenvalue weighted by Crippen LogP contribution is -2.19. The number of aliphatic hydroxyl groups excluding tert-OH is 1. The summed E-state index contributed by atoms with van der Waals surface area (Å²) in [6.45, 7) is 2.39. The summed E-state index contributed by atoms with van der Waals surface area (Å²) >= 11 is 0. The van der Waals surface area contributed by atoms with Crippen LogP contribution >= 0.6 is 0 Å².